The van der Waals surface area contributed by atoms with Gasteiger partial charge in [0.05, 0.1) is 25.7 Å². The molecule has 1 aromatic carbocycles. The Morgan fingerprint density at radius 2 is 1.50 bits per heavy atom. The summed E-state index contributed by atoms with van der Waals surface area (Å²) in [6, 6.07) is 4.31. The number of rotatable bonds is 17. The molecular weight excluding hydrogens is 502 g/mol. The molecule has 0 spiro atoms. The first-order chi connectivity index (χ1) is 17.8. The molecule has 0 aliphatic rings. The van der Waals surface area contributed by atoms with Crippen LogP contribution < -0.4 is 11.1 Å². The van der Waals surface area contributed by atoms with E-state index in [2.05, 4.69) is 10.3 Å². The highest BCUT2D eigenvalue weighted by molar-refractivity contribution is 5.95. The van der Waals surface area contributed by atoms with E-state index in [1.54, 1.807) is 24.3 Å². The highest BCUT2D eigenvalue weighted by Crippen LogP contribution is 2.12. The van der Waals surface area contributed by atoms with Crippen LogP contribution in [0.1, 0.15) is 37.8 Å². The number of nitrogens with one attached hydrogen (secondary N) is 1. The maximum Gasteiger partial charge on any atom is 0.223 e. The van der Waals surface area contributed by atoms with Gasteiger partial charge in [-0.1, -0.05) is 31.2 Å². The third-order valence-electron chi connectivity index (χ3n) is 5.86. The largest absolute Gasteiger partial charge is 0.394 e. The molecule has 2 amide bonds. The minimum atomic E-state index is -1.87. The number of ketones is 2. The van der Waals surface area contributed by atoms with Gasteiger partial charge < -0.3 is 41.7 Å². The van der Waals surface area contributed by atoms with Crippen molar-refractivity contribution in [1.29, 1.82) is 0 Å². The fourth-order valence-electron chi connectivity index (χ4n) is 3.34. The number of nitrogens with zero attached hydrogens (tertiary/aromatic N) is 1. The average Bonchev–Trinajstić information content (AvgIpc) is 2.89. The normalized spacial score (nSPS) is 17.2. The van der Waals surface area contributed by atoms with Gasteiger partial charge in [0.25, 0.3) is 0 Å². The van der Waals surface area contributed by atoms with Crippen molar-refractivity contribution in [3.63, 3.8) is 0 Å². The summed E-state index contributed by atoms with van der Waals surface area (Å²) in [5.41, 5.74) is 6.50. The lowest BCUT2D eigenvalue weighted by molar-refractivity contribution is -0.133. The van der Waals surface area contributed by atoms with Gasteiger partial charge in [-0.3, -0.25) is 24.2 Å². The van der Waals surface area contributed by atoms with E-state index < -0.39 is 78.8 Å². The molecule has 0 saturated carbocycles. The Morgan fingerprint density at radius 1 is 0.921 bits per heavy atom. The van der Waals surface area contributed by atoms with Crippen molar-refractivity contribution in [1.82, 2.24) is 5.32 Å². The van der Waals surface area contributed by atoms with E-state index in [9.17, 15) is 39.6 Å². The second-order valence-corrected chi connectivity index (χ2v) is 9.12. The third-order valence-corrected chi connectivity index (χ3v) is 5.86. The van der Waals surface area contributed by atoms with Gasteiger partial charge in [0.15, 0.2) is 11.6 Å². The number of aliphatic imine (C=N–C) groups is 1. The molecule has 0 bridgehead atoms. The topological polar surface area (TPSA) is 240 Å². The number of hydrogen-bond acceptors (Lipinski definition) is 11. The Bertz CT molecular complexity index is 969. The molecule has 38 heavy (non-hydrogen) atoms. The second-order valence-electron chi connectivity index (χ2n) is 9.12. The first-order valence-corrected chi connectivity index (χ1v) is 12.0. The minimum Gasteiger partial charge on any atom is -0.394 e. The van der Waals surface area contributed by atoms with Crippen molar-refractivity contribution in [2.24, 2.45) is 16.6 Å². The lowest BCUT2D eigenvalue weighted by Crippen LogP contribution is -2.46. The Hall–Kier alpha value is -3.07. The van der Waals surface area contributed by atoms with Gasteiger partial charge in [0, 0.05) is 25.0 Å². The van der Waals surface area contributed by atoms with Crippen LogP contribution in [0.25, 0.3) is 0 Å². The maximum atomic E-state index is 12.8. The third kappa shape index (κ3) is 10.7. The quantitative estimate of drug-likeness (QED) is 0.0942. The molecule has 0 radical (unpaired) electrons. The number of carbonyl (C=O) groups excluding carboxylic acids is 4. The van der Waals surface area contributed by atoms with Gasteiger partial charge in [0.2, 0.25) is 11.8 Å². The van der Waals surface area contributed by atoms with E-state index in [1.165, 1.54) is 13.8 Å². The van der Waals surface area contributed by atoms with E-state index >= 15 is 0 Å². The summed E-state index contributed by atoms with van der Waals surface area (Å²) >= 11 is 0. The summed E-state index contributed by atoms with van der Waals surface area (Å²) in [7, 11) is 0. The summed E-state index contributed by atoms with van der Waals surface area (Å²) in [6.45, 7) is 1.81. The van der Waals surface area contributed by atoms with Crippen LogP contribution in [0.3, 0.4) is 0 Å². The van der Waals surface area contributed by atoms with Crippen LogP contribution in [-0.2, 0) is 32.2 Å². The van der Waals surface area contributed by atoms with Crippen LogP contribution in [0, 0.1) is 5.92 Å². The van der Waals surface area contributed by atoms with Gasteiger partial charge in [-0.25, -0.2) is 0 Å². The maximum absolute atomic E-state index is 12.8. The average molecular weight is 540 g/mol. The summed E-state index contributed by atoms with van der Waals surface area (Å²) in [6.07, 6.45) is -7.19. The van der Waals surface area contributed by atoms with Crippen molar-refractivity contribution >= 4 is 29.6 Å². The van der Waals surface area contributed by atoms with Gasteiger partial charge in [-0.15, -0.1) is 0 Å². The number of hydrogen-bond donors (Lipinski definition) is 8. The lowest BCUT2D eigenvalue weighted by atomic mass is 9.97. The van der Waals surface area contributed by atoms with Crippen LogP contribution >= 0.6 is 0 Å². The van der Waals surface area contributed by atoms with Crippen LogP contribution in [-0.4, -0.2) is 103 Å². The summed E-state index contributed by atoms with van der Waals surface area (Å²) < 4.78 is 0. The van der Waals surface area contributed by atoms with Crippen molar-refractivity contribution in [3.8, 4) is 0 Å². The number of carbonyl (C=O) groups is 4. The smallest absolute Gasteiger partial charge is 0.223 e. The number of amides is 2. The number of benzene rings is 1. The zero-order valence-electron chi connectivity index (χ0n) is 21.3. The zero-order valence-corrected chi connectivity index (χ0v) is 21.3. The van der Waals surface area contributed by atoms with Crippen LogP contribution in [0.4, 0.5) is 0 Å². The molecule has 1 aromatic rings. The number of nitrogens with two attached hydrogens (primary N) is 1. The second kappa shape index (κ2) is 16.0. The Morgan fingerprint density at radius 3 is 2.03 bits per heavy atom. The predicted octanol–water partition coefficient (Wildman–Crippen LogP) is -2.86. The molecule has 0 aromatic heterocycles. The zero-order chi connectivity index (χ0) is 29.0. The first-order valence-electron chi connectivity index (χ1n) is 12.0. The van der Waals surface area contributed by atoms with Crippen LogP contribution in [0.5, 0.6) is 0 Å². The van der Waals surface area contributed by atoms with E-state index in [-0.39, 0.29) is 19.4 Å². The highest BCUT2D eigenvalue weighted by Gasteiger charge is 2.30. The SMILES string of the molecule is CC(CC(=O)C(C)N=C[C@H](O)[C@@H](O)[C@H](O)[C@H](O)CO)C(=O)NC(CC(N)=O)C(=O)Cc1ccc(CO)cc1. The van der Waals surface area contributed by atoms with Crippen molar-refractivity contribution in [3.05, 3.63) is 35.4 Å². The molecule has 13 heteroatoms. The van der Waals surface area contributed by atoms with Gasteiger partial charge >= 0.3 is 0 Å². The molecule has 0 fully saturated rings. The molecule has 212 valence electrons. The molecule has 9 N–H and O–H groups in total. The van der Waals surface area contributed by atoms with Gasteiger partial charge in [-0.2, -0.15) is 0 Å². The molecule has 0 aliphatic carbocycles. The molecule has 13 nitrogen and oxygen atoms in total. The lowest BCUT2D eigenvalue weighted by Gasteiger charge is -2.23. The Labute approximate surface area is 220 Å². The molecule has 1 rings (SSSR count). The summed E-state index contributed by atoms with van der Waals surface area (Å²) in [5, 5.41) is 59.0. The standard InChI is InChI=1S/C25H37N3O10/c1-13(7-18(31)14(2)27-10-20(33)23(36)24(37)21(34)12-30)25(38)28-17(9-22(26)35)19(32)8-15-3-5-16(11-29)6-4-15/h3-6,10,13-14,17,20-21,23-24,29-30,33-34,36-37H,7-9,11-12H2,1-2H3,(H2,26,35)(H,28,38)/t13?,14?,17?,20-,21+,23+,24+/m0/s1. The molecule has 0 aliphatic heterocycles. The van der Waals surface area contributed by atoms with Crippen molar-refractivity contribution < 1.29 is 49.8 Å². The first kappa shape index (κ1) is 33.0. The highest BCUT2D eigenvalue weighted by atomic mass is 16.4. The van der Waals surface area contributed by atoms with Gasteiger partial charge in [0.1, 0.15) is 30.5 Å². The molecule has 0 saturated heterocycles. The summed E-state index contributed by atoms with van der Waals surface area (Å²) in [5.74, 6) is -3.36. The predicted molar refractivity (Wildman–Crippen MR) is 135 cm³/mol. The summed E-state index contributed by atoms with van der Waals surface area (Å²) in [4.78, 5) is 53.2. The fourth-order valence-corrected chi connectivity index (χ4v) is 3.34. The van der Waals surface area contributed by atoms with Crippen LogP contribution in [0.15, 0.2) is 29.3 Å². The Kier molecular flexibility index (Phi) is 13.9. The number of aliphatic hydroxyl groups is 6. The van der Waals surface area contributed by atoms with E-state index in [0.717, 1.165) is 6.21 Å². The molecular formula is C25H37N3O10. The number of primary amides is 1. The van der Waals surface area contributed by atoms with Crippen molar-refractivity contribution in [2.45, 2.75) is 76.2 Å². The minimum absolute atomic E-state index is 0.0960. The molecule has 7 atom stereocenters. The monoisotopic (exact) mass is 539 g/mol. The fraction of sp³-hybridized carbons (Fsp3) is 0.560. The number of Topliss-reactive ketones (excluding diaryl/α,β-unsaturated/α-hetero) is 2. The molecule has 3 unspecified atom stereocenters. The van der Waals surface area contributed by atoms with Crippen LogP contribution in [0.2, 0.25) is 0 Å². The Balaban J connectivity index is 2.74. The van der Waals surface area contributed by atoms with Gasteiger partial charge in [-0.05, 0) is 18.1 Å². The van der Waals surface area contributed by atoms with E-state index in [0.29, 0.717) is 11.1 Å². The van der Waals surface area contributed by atoms with E-state index in [4.69, 9.17) is 15.9 Å². The van der Waals surface area contributed by atoms with E-state index in [1.807, 2.05) is 0 Å². The van der Waals surface area contributed by atoms with Crippen molar-refractivity contribution in [2.75, 3.05) is 6.61 Å². The molecule has 0 heterocycles. The number of aliphatic hydroxyl groups excluding tert-OH is 6.